The molecule has 1 N–H and O–H groups in total. The van der Waals surface area contributed by atoms with Crippen LogP contribution in [0, 0.1) is 5.92 Å². The molecule has 0 unspecified atom stereocenters. The molecule has 1 saturated carbocycles. The Balaban J connectivity index is 0.00000261. The Morgan fingerprint density at radius 1 is 1.07 bits per heavy atom. The van der Waals surface area contributed by atoms with Crippen LogP contribution in [-0.2, 0) is 21.0 Å². The van der Waals surface area contributed by atoms with E-state index in [2.05, 4.69) is 58.9 Å². The first kappa shape index (κ1) is 22.5. The van der Waals surface area contributed by atoms with Gasteiger partial charge in [-0.25, -0.2) is 4.79 Å². The van der Waals surface area contributed by atoms with Gasteiger partial charge in [0.1, 0.15) is 0 Å². The Kier molecular flexibility index (Phi) is 6.27. The third-order valence-corrected chi connectivity index (χ3v) is 6.76. The van der Waals surface area contributed by atoms with Crippen molar-refractivity contribution < 1.29 is 9.90 Å². The number of fused-ring (bicyclic) bond motifs is 1. The molecule has 27 heavy (non-hydrogen) atoms. The van der Waals surface area contributed by atoms with Crippen LogP contribution in [0.2, 0.25) is 0 Å². The monoisotopic (exact) mass is 376 g/mol. The second-order valence-corrected chi connectivity index (χ2v) is 9.84. The number of hydrogen-bond acceptors (Lipinski definition) is 1. The second kappa shape index (κ2) is 7.54. The van der Waals surface area contributed by atoms with Gasteiger partial charge in [0.05, 0.1) is 0 Å². The maximum atomic E-state index is 10.8. The quantitative estimate of drug-likeness (QED) is 0.443. The van der Waals surface area contributed by atoms with E-state index in [9.17, 15) is 4.79 Å². The van der Waals surface area contributed by atoms with Gasteiger partial charge >= 0.3 is 35.5 Å². The predicted octanol–water partition coefficient (Wildman–Crippen LogP) is 5.25. The van der Waals surface area contributed by atoms with Crippen LogP contribution in [0.25, 0.3) is 0 Å². The standard InChI is InChI=1S/C24H32O2.Na.H/c1-16(13-21(25)26)7-8-18-15-24(18,6)17-9-10-19-20(14-17)23(4,5)12-11-22(19,2)3;;/h7-10,13-14,18H,11-12,15H2,1-6H3,(H,25,26);;/b8-7+,16-13+;;/t18-,24-;;/m1../s1. The summed E-state index contributed by atoms with van der Waals surface area (Å²) in [6, 6.07) is 7.16. The molecule has 142 valence electrons. The van der Waals surface area contributed by atoms with E-state index in [0.717, 1.165) is 12.0 Å². The van der Waals surface area contributed by atoms with Crippen molar-refractivity contribution in [1.82, 2.24) is 0 Å². The number of benzene rings is 1. The number of rotatable bonds is 4. The Morgan fingerprint density at radius 3 is 2.26 bits per heavy atom. The predicted molar refractivity (Wildman–Crippen MR) is 115 cm³/mol. The summed E-state index contributed by atoms with van der Waals surface area (Å²) in [6.45, 7) is 13.6. The molecule has 0 radical (unpaired) electrons. The van der Waals surface area contributed by atoms with Crippen molar-refractivity contribution in [3.63, 3.8) is 0 Å². The molecule has 0 heterocycles. The Labute approximate surface area is 186 Å². The van der Waals surface area contributed by atoms with Crippen LogP contribution in [0.3, 0.4) is 0 Å². The molecule has 0 saturated heterocycles. The molecule has 1 aromatic carbocycles. The topological polar surface area (TPSA) is 37.3 Å². The van der Waals surface area contributed by atoms with Gasteiger partial charge in [-0.3, -0.25) is 0 Å². The summed E-state index contributed by atoms with van der Waals surface area (Å²) in [4.78, 5) is 10.8. The molecule has 0 amide bonds. The van der Waals surface area contributed by atoms with Crippen molar-refractivity contribution in [3.8, 4) is 0 Å². The first-order chi connectivity index (χ1) is 12.0. The number of allylic oxidation sites excluding steroid dienone is 3. The van der Waals surface area contributed by atoms with Gasteiger partial charge in [-0.05, 0) is 70.6 Å². The SMILES string of the molecule is CC(/C=C/[C@@H]1C[C@]1(C)c1ccc2c(c1)C(C)(C)CCC2(C)C)=C\C(=O)O.[NaH]. The minimum absolute atomic E-state index is 0. The molecule has 3 rings (SSSR count). The van der Waals surface area contributed by atoms with Crippen LogP contribution in [0.1, 0.15) is 77.5 Å². The average Bonchev–Trinajstić information content (AvgIpc) is 3.21. The molecule has 2 nitrogen and oxygen atoms in total. The van der Waals surface area contributed by atoms with Gasteiger partial charge in [0.15, 0.2) is 0 Å². The Hall–Kier alpha value is -0.830. The summed E-state index contributed by atoms with van der Waals surface area (Å²) >= 11 is 0. The fraction of sp³-hybridized carbons (Fsp3) is 0.542. The van der Waals surface area contributed by atoms with Crippen molar-refractivity contribution in [1.29, 1.82) is 0 Å². The zero-order valence-corrected chi connectivity index (χ0v) is 17.0. The Morgan fingerprint density at radius 2 is 1.67 bits per heavy atom. The number of hydrogen-bond donors (Lipinski definition) is 1. The van der Waals surface area contributed by atoms with E-state index >= 15 is 0 Å². The fourth-order valence-electron chi connectivity index (χ4n) is 4.46. The van der Waals surface area contributed by atoms with Gasteiger partial charge < -0.3 is 5.11 Å². The van der Waals surface area contributed by atoms with Crippen LogP contribution >= 0.6 is 0 Å². The van der Waals surface area contributed by atoms with E-state index in [0.29, 0.717) is 5.92 Å². The molecule has 0 spiro atoms. The molecule has 0 aliphatic heterocycles. The normalized spacial score (nSPS) is 28.4. The molecular formula is C24H33NaO2. The van der Waals surface area contributed by atoms with E-state index < -0.39 is 5.97 Å². The van der Waals surface area contributed by atoms with Crippen LogP contribution in [0.15, 0.2) is 42.0 Å². The van der Waals surface area contributed by atoms with Gasteiger partial charge in [0.25, 0.3) is 0 Å². The molecule has 2 atom stereocenters. The number of carboxylic acid groups (broad SMARTS) is 1. The second-order valence-electron chi connectivity index (χ2n) is 9.84. The van der Waals surface area contributed by atoms with Gasteiger partial charge in [-0.1, -0.05) is 65.0 Å². The summed E-state index contributed by atoms with van der Waals surface area (Å²) in [5, 5.41) is 8.84. The number of carbonyl (C=O) groups is 1. The molecule has 0 bridgehead atoms. The van der Waals surface area contributed by atoms with Crippen molar-refractivity contribution in [2.24, 2.45) is 5.92 Å². The van der Waals surface area contributed by atoms with E-state index in [4.69, 9.17) is 5.11 Å². The average molecular weight is 377 g/mol. The summed E-state index contributed by atoms with van der Waals surface area (Å²) in [6.07, 6.45) is 9.00. The summed E-state index contributed by atoms with van der Waals surface area (Å²) in [7, 11) is 0. The molecule has 1 aromatic rings. The Bertz CT molecular complexity index is 801. The summed E-state index contributed by atoms with van der Waals surface area (Å²) < 4.78 is 0. The van der Waals surface area contributed by atoms with E-state index in [1.165, 1.54) is 35.6 Å². The third-order valence-electron chi connectivity index (χ3n) is 6.76. The molecule has 0 aromatic heterocycles. The minimum atomic E-state index is -0.884. The molecule has 1 fully saturated rings. The first-order valence-electron chi connectivity index (χ1n) is 9.71. The molecular weight excluding hydrogens is 343 g/mol. The van der Waals surface area contributed by atoms with Crippen LogP contribution in [0.5, 0.6) is 0 Å². The van der Waals surface area contributed by atoms with E-state index in [-0.39, 0.29) is 45.8 Å². The van der Waals surface area contributed by atoms with Crippen LogP contribution in [-0.4, -0.2) is 40.6 Å². The molecule has 2 aliphatic carbocycles. The molecule has 2 aliphatic rings. The summed E-state index contributed by atoms with van der Waals surface area (Å²) in [5.74, 6) is -0.400. The van der Waals surface area contributed by atoms with Crippen LogP contribution < -0.4 is 0 Å². The van der Waals surface area contributed by atoms with Crippen molar-refractivity contribution in [2.45, 2.75) is 77.0 Å². The number of carboxylic acids is 1. The van der Waals surface area contributed by atoms with E-state index in [1.807, 2.05) is 13.0 Å². The third kappa shape index (κ3) is 4.44. The zero-order valence-electron chi connectivity index (χ0n) is 17.0. The molecule has 3 heteroatoms. The maximum absolute atomic E-state index is 10.8. The summed E-state index contributed by atoms with van der Waals surface area (Å²) in [5.41, 5.74) is 5.91. The number of aliphatic carboxylic acids is 1. The first-order valence-corrected chi connectivity index (χ1v) is 9.71. The van der Waals surface area contributed by atoms with Crippen LogP contribution in [0.4, 0.5) is 0 Å². The van der Waals surface area contributed by atoms with Gasteiger partial charge in [-0.2, -0.15) is 0 Å². The van der Waals surface area contributed by atoms with Crippen molar-refractivity contribution in [2.75, 3.05) is 0 Å². The van der Waals surface area contributed by atoms with Gasteiger partial charge in [0.2, 0.25) is 0 Å². The fourth-order valence-corrected chi connectivity index (χ4v) is 4.46. The van der Waals surface area contributed by atoms with Gasteiger partial charge in [0, 0.05) is 6.08 Å². The van der Waals surface area contributed by atoms with E-state index in [1.54, 1.807) is 0 Å². The van der Waals surface area contributed by atoms with Crippen molar-refractivity contribution >= 4 is 35.5 Å². The van der Waals surface area contributed by atoms with Crippen molar-refractivity contribution in [3.05, 3.63) is 58.7 Å². The zero-order chi connectivity index (χ0) is 19.3. The van der Waals surface area contributed by atoms with Gasteiger partial charge in [-0.15, -0.1) is 0 Å².